The number of phenols is 1. The van der Waals surface area contributed by atoms with Crippen molar-refractivity contribution in [3.63, 3.8) is 0 Å². The van der Waals surface area contributed by atoms with Crippen LogP contribution in [0.2, 0.25) is 0 Å². The first-order valence-electron chi connectivity index (χ1n) is 13.5. The summed E-state index contributed by atoms with van der Waals surface area (Å²) in [6.07, 6.45) is 1.94. The van der Waals surface area contributed by atoms with Crippen LogP contribution in [0.5, 0.6) is 5.75 Å². The van der Waals surface area contributed by atoms with Crippen LogP contribution in [0, 0.1) is 0 Å². The molecule has 0 radical (unpaired) electrons. The first-order chi connectivity index (χ1) is 19.3. The molecular formula is C36H28N2O2. The molecule has 0 amide bonds. The minimum atomic E-state index is -0.113. The average molecular weight is 521 g/mol. The van der Waals surface area contributed by atoms with E-state index in [0.717, 1.165) is 55.0 Å². The SMILES string of the molecule is CC(C)(C)c1cc(-c2cc(-c3cc4ccccc4cn3)cc3ccccc23)c2nc(-c3ccccc3O)oc2c1. The van der Waals surface area contributed by atoms with Crippen molar-refractivity contribution in [3.05, 3.63) is 115 Å². The third-order valence-electron chi connectivity index (χ3n) is 7.57. The third kappa shape index (κ3) is 4.09. The zero-order valence-electron chi connectivity index (χ0n) is 22.6. The van der Waals surface area contributed by atoms with Crippen LogP contribution in [0.15, 0.2) is 114 Å². The third-order valence-corrected chi connectivity index (χ3v) is 7.57. The molecular weight excluding hydrogens is 492 g/mol. The molecule has 0 atom stereocenters. The minimum Gasteiger partial charge on any atom is -0.507 e. The zero-order chi connectivity index (χ0) is 27.4. The van der Waals surface area contributed by atoms with Crippen LogP contribution >= 0.6 is 0 Å². The molecule has 2 heterocycles. The van der Waals surface area contributed by atoms with Crippen molar-refractivity contribution in [2.45, 2.75) is 26.2 Å². The number of hydrogen-bond acceptors (Lipinski definition) is 4. The van der Waals surface area contributed by atoms with Crippen molar-refractivity contribution in [1.29, 1.82) is 0 Å². The topological polar surface area (TPSA) is 59.2 Å². The number of aromatic nitrogens is 2. The van der Waals surface area contributed by atoms with Crippen LogP contribution in [0.4, 0.5) is 0 Å². The summed E-state index contributed by atoms with van der Waals surface area (Å²) in [5.74, 6) is 0.540. The van der Waals surface area contributed by atoms with Gasteiger partial charge in [-0.1, -0.05) is 81.4 Å². The summed E-state index contributed by atoms with van der Waals surface area (Å²) < 4.78 is 6.32. The van der Waals surface area contributed by atoms with Gasteiger partial charge in [-0.05, 0) is 75.2 Å². The van der Waals surface area contributed by atoms with Crippen LogP contribution < -0.4 is 0 Å². The molecule has 0 aliphatic rings. The highest BCUT2D eigenvalue weighted by Crippen LogP contribution is 2.41. The number of fused-ring (bicyclic) bond motifs is 3. The van der Waals surface area contributed by atoms with Crippen LogP contribution in [0.25, 0.3) is 66.5 Å². The van der Waals surface area contributed by atoms with E-state index in [9.17, 15) is 5.11 Å². The Kier molecular flexibility index (Phi) is 5.46. The second-order valence-electron chi connectivity index (χ2n) is 11.3. The highest BCUT2D eigenvalue weighted by atomic mass is 16.3. The van der Waals surface area contributed by atoms with Gasteiger partial charge in [-0.3, -0.25) is 4.98 Å². The number of oxazole rings is 1. The number of pyridine rings is 1. The van der Waals surface area contributed by atoms with Crippen molar-refractivity contribution in [1.82, 2.24) is 9.97 Å². The van der Waals surface area contributed by atoms with Gasteiger partial charge < -0.3 is 9.52 Å². The van der Waals surface area contributed by atoms with Crippen LogP contribution in [0.3, 0.4) is 0 Å². The van der Waals surface area contributed by atoms with Gasteiger partial charge in [0.1, 0.15) is 11.3 Å². The summed E-state index contributed by atoms with van der Waals surface area (Å²) in [6.45, 7) is 6.60. The van der Waals surface area contributed by atoms with E-state index in [1.165, 1.54) is 0 Å². The quantitative estimate of drug-likeness (QED) is 0.252. The van der Waals surface area contributed by atoms with E-state index >= 15 is 0 Å². The molecule has 0 saturated heterocycles. The van der Waals surface area contributed by atoms with E-state index in [-0.39, 0.29) is 11.2 Å². The molecule has 2 aromatic heterocycles. The van der Waals surface area contributed by atoms with Gasteiger partial charge in [-0.15, -0.1) is 0 Å². The second kappa shape index (κ2) is 9.06. The number of aromatic hydroxyl groups is 1. The van der Waals surface area contributed by atoms with Crippen LogP contribution in [0.1, 0.15) is 26.3 Å². The number of rotatable bonds is 3. The Morgan fingerprint density at radius 2 is 1.40 bits per heavy atom. The molecule has 7 rings (SSSR count). The maximum atomic E-state index is 10.5. The molecule has 0 fully saturated rings. The molecule has 4 nitrogen and oxygen atoms in total. The number of phenolic OH excluding ortho intramolecular Hbond substituents is 1. The normalized spacial score (nSPS) is 12.0. The first-order valence-corrected chi connectivity index (χ1v) is 13.5. The highest BCUT2D eigenvalue weighted by Gasteiger charge is 2.22. The zero-order valence-corrected chi connectivity index (χ0v) is 22.6. The van der Waals surface area contributed by atoms with Crippen LogP contribution in [-0.2, 0) is 5.41 Å². The lowest BCUT2D eigenvalue weighted by Gasteiger charge is -2.20. The van der Waals surface area contributed by atoms with E-state index in [4.69, 9.17) is 14.4 Å². The second-order valence-corrected chi connectivity index (χ2v) is 11.3. The van der Waals surface area contributed by atoms with Crippen molar-refractivity contribution < 1.29 is 9.52 Å². The average Bonchev–Trinajstić information content (AvgIpc) is 3.40. The number of para-hydroxylation sites is 1. The molecule has 0 spiro atoms. The maximum absolute atomic E-state index is 10.5. The summed E-state index contributed by atoms with van der Waals surface area (Å²) in [5.41, 5.74) is 7.08. The fourth-order valence-corrected chi connectivity index (χ4v) is 5.36. The molecule has 0 aliphatic heterocycles. The monoisotopic (exact) mass is 520 g/mol. The van der Waals surface area contributed by atoms with Crippen molar-refractivity contribution in [2.24, 2.45) is 0 Å². The Bertz CT molecular complexity index is 2060. The van der Waals surface area contributed by atoms with Crippen molar-refractivity contribution >= 4 is 32.6 Å². The molecule has 194 valence electrons. The van der Waals surface area contributed by atoms with E-state index in [2.05, 4.69) is 93.6 Å². The Hall–Kier alpha value is -4.96. The maximum Gasteiger partial charge on any atom is 0.231 e. The molecule has 0 bridgehead atoms. The number of hydrogen-bond donors (Lipinski definition) is 1. The standard InChI is InChI=1S/C36H28N2O2/c1-36(2,3)26-19-30(34-33(20-26)40-35(38-34)28-14-8-9-15-32(28)39)29-17-25(16-23-11-6-7-13-27(23)29)31-18-22-10-4-5-12-24(22)21-37-31/h4-21,39H,1-3H3. The summed E-state index contributed by atoms with van der Waals surface area (Å²) in [6, 6.07) is 34.8. The Morgan fingerprint density at radius 1 is 0.675 bits per heavy atom. The number of benzene rings is 5. The lowest BCUT2D eigenvalue weighted by Crippen LogP contribution is -2.11. The summed E-state index contributed by atoms with van der Waals surface area (Å²) in [5, 5.41) is 15.1. The lowest BCUT2D eigenvalue weighted by molar-refractivity contribution is 0.474. The van der Waals surface area contributed by atoms with Gasteiger partial charge >= 0.3 is 0 Å². The number of nitrogens with zero attached hydrogens (tertiary/aromatic N) is 2. The molecule has 5 aromatic carbocycles. The molecule has 40 heavy (non-hydrogen) atoms. The molecule has 0 unspecified atom stereocenters. The van der Waals surface area contributed by atoms with E-state index in [1.54, 1.807) is 12.1 Å². The fourth-order valence-electron chi connectivity index (χ4n) is 5.36. The first kappa shape index (κ1) is 24.1. The molecule has 7 aromatic rings. The summed E-state index contributed by atoms with van der Waals surface area (Å²) in [4.78, 5) is 9.78. The van der Waals surface area contributed by atoms with Crippen LogP contribution in [-0.4, -0.2) is 15.1 Å². The van der Waals surface area contributed by atoms with Crippen molar-refractivity contribution in [2.75, 3.05) is 0 Å². The highest BCUT2D eigenvalue weighted by molar-refractivity contribution is 6.06. The minimum absolute atomic E-state index is 0.113. The van der Waals surface area contributed by atoms with E-state index in [1.807, 2.05) is 24.4 Å². The fraction of sp³-hybridized carbons (Fsp3) is 0.111. The summed E-state index contributed by atoms with van der Waals surface area (Å²) >= 11 is 0. The molecule has 4 heteroatoms. The van der Waals surface area contributed by atoms with E-state index < -0.39 is 0 Å². The van der Waals surface area contributed by atoms with E-state index in [0.29, 0.717) is 17.0 Å². The largest absolute Gasteiger partial charge is 0.507 e. The smallest absolute Gasteiger partial charge is 0.231 e. The van der Waals surface area contributed by atoms with Gasteiger partial charge in [0.2, 0.25) is 5.89 Å². The van der Waals surface area contributed by atoms with Gasteiger partial charge in [-0.2, -0.15) is 0 Å². The van der Waals surface area contributed by atoms with Gasteiger partial charge in [-0.25, -0.2) is 4.98 Å². The Balaban J connectivity index is 1.53. The Morgan fingerprint density at radius 3 is 2.20 bits per heavy atom. The molecule has 1 N–H and O–H groups in total. The Labute approximate surface area is 232 Å². The van der Waals surface area contributed by atoms with Gasteiger partial charge in [0.15, 0.2) is 5.58 Å². The molecule has 0 aliphatic carbocycles. The van der Waals surface area contributed by atoms with Gasteiger partial charge in [0.25, 0.3) is 0 Å². The van der Waals surface area contributed by atoms with Gasteiger partial charge in [0, 0.05) is 22.7 Å². The van der Waals surface area contributed by atoms with Gasteiger partial charge in [0.05, 0.1) is 11.3 Å². The predicted octanol–water partition coefficient (Wildman–Crippen LogP) is 9.53. The predicted molar refractivity (Wildman–Crippen MR) is 163 cm³/mol. The van der Waals surface area contributed by atoms with Crippen molar-refractivity contribution in [3.8, 4) is 39.6 Å². The molecule has 0 saturated carbocycles. The lowest BCUT2D eigenvalue weighted by atomic mass is 9.84. The summed E-state index contributed by atoms with van der Waals surface area (Å²) in [7, 11) is 0.